The summed E-state index contributed by atoms with van der Waals surface area (Å²) in [6.07, 6.45) is 5.06. The Labute approximate surface area is 168 Å². The predicted molar refractivity (Wildman–Crippen MR) is 112 cm³/mol. The van der Waals surface area contributed by atoms with E-state index in [0.29, 0.717) is 33.9 Å². The van der Waals surface area contributed by atoms with Crippen LogP contribution in [0.1, 0.15) is 18.2 Å². The Morgan fingerprint density at radius 2 is 1.55 bits per heavy atom. The third-order valence-electron chi connectivity index (χ3n) is 4.65. The van der Waals surface area contributed by atoms with Gasteiger partial charge in [-0.15, -0.1) is 0 Å². The molecule has 29 heavy (non-hydrogen) atoms. The molecule has 1 aliphatic heterocycles. The highest BCUT2D eigenvalue weighted by Crippen LogP contribution is 2.25. The first-order valence-corrected chi connectivity index (χ1v) is 9.22. The topological polar surface area (TPSA) is 73.5 Å². The summed E-state index contributed by atoms with van der Waals surface area (Å²) < 4.78 is 1.38. The van der Waals surface area contributed by atoms with Gasteiger partial charge in [-0.2, -0.15) is 15.2 Å². The molecule has 6 heteroatoms. The number of benzene rings is 2. The van der Waals surface area contributed by atoms with Gasteiger partial charge in [-0.25, -0.2) is 4.68 Å². The van der Waals surface area contributed by atoms with Crippen molar-refractivity contribution in [2.75, 3.05) is 5.01 Å². The summed E-state index contributed by atoms with van der Waals surface area (Å²) in [6, 6.07) is 18.5. The summed E-state index contributed by atoms with van der Waals surface area (Å²) in [5, 5.41) is 22.8. The number of aromatic nitrogens is 2. The second kappa shape index (κ2) is 7.59. The van der Waals surface area contributed by atoms with Crippen LogP contribution in [-0.4, -0.2) is 21.4 Å². The van der Waals surface area contributed by atoms with Crippen molar-refractivity contribution in [2.45, 2.75) is 13.8 Å². The molecule has 0 saturated carbocycles. The standard InChI is InChI=1S/C23H20N4O2/c1-16-20(22(28)26(24-16)18-10-5-3-6-11-18)14-9-15-21-17(2)25-27(23(21)29)19-12-7-4-8-13-19/h3-15,28H,1-2H3/p-1/b14-9+,21-15+. The van der Waals surface area contributed by atoms with Crippen LogP contribution in [0.4, 0.5) is 5.69 Å². The number of hydrogen-bond acceptors (Lipinski definition) is 4. The van der Waals surface area contributed by atoms with Crippen molar-refractivity contribution in [2.24, 2.45) is 5.10 Å². The lowest BCUT2D eigenvalue weighted by Crippen LogP contribution is -2.21. The first kappa shape index (κ1) is 18.4. The maximum atomic E-state index is 12.7. The van der Waals surface area contributed by atoms with Crippen LogP contribution >= 0.6 is 0 Å². The zero-order valence-corrected chi connectivity index (χ0v) is 16.1. The van der Waals surface area contributed by atoms with Crippen LogP contribution in [-0.2, 0) is 4.79 Å². The van der Waals surface area contributed by atoms with Crippen molar-refractivity contribution < 1.29 is 9.90 Å². The van der Waals surface area contributed by atoms with E-state index < -0.39 is 0 Å². The summed E-state index contributed by atoms with van der Waals surface area (Å²) in [5.41, 5.74) is 3.67. The Kier molecular flexibility index (Phi) is 4.83. The van der Waals surface area contributed by atoms with Crippen LogP contribution in [0.15, 0.2) is 83.5 Å². The molecular weight excluding hydrogens is 364 g/mol. The number of hydrogen-bond donors (Lipinski definition) is 0. The molecule has 4 rings (SSSR count). The van der Waals surface area contributed by atoms with Gasteiger partial charge in [0.2, 0.25) is 0 Å². The van der Waals surface area contributed by atoms with Gasteiger partial charge < -0.3 is 5.11 Å². The molecule has 6 nitrogen and oxygen atoms in total. The molecule has 1 amide bonds. The fourth-order valence-electron chi connectivity index (χ4n) is 3.15. The molecule has 0 saturated heterocycles. The fourth-order valence-corrected chi connectivity index (χ4v) is 3.15. The maximum Gasteiger partial charge on any atom is 0.280 e. The molecule has 0 N–H and O–H groups in total. The Bertz CT molecular complexity index is 1140. The predicted octanol–water partition coefficient (Wildman–Crippen LogP) is 3.62. The Morgan fingerprint density at radius 1 is 0.931 bits per heavy atom. The first-order chi connectivity index (χ1) is 14.1. The molecular formula is C23H19N4O2-. The monoisotopic (exact) mass is 383 g/mol. The van der Waals surface area contributed by atoms with Gasteiger partial charge >= 0.3 is 0 Å². The van der Waals surface area contributed by atoms with E-state index in [0.717, 1.165) is 0 Å². The number of para-hydroxylation sites is 2. The highest BCUT2D eigenvalue weighted by atomic mass is 16.3. The Hall–Kier alpha value is -3.93. The lowest BCUT2D eigenvalue weighted by Gasteiger charge is -2.11. The van der Waals surface area contributed by atoms with Crippen LogP contribution in [0.25, 0.3) is 11.8 Å². The highest BCUT2D eigenvalue weighted by molar-refractivity contribution is 6.29. The van der Waals surface area contributed by atoms with E-state index >= 15 is 0 Å². The van der Waals surface area contributed by atoms with E-state index in [-0.39, 0.29) is 11.8 Å². The molecule has 1 aromatic heterocycles. The van der Waals surface area contributed by atoms with E-state index in [4.69, 9.17) is 0 Å². The molecule has 2 aromatic carbocycles. The molecule has 1 aliphatic rings. The van der Waals surface area contributed by atoms with Gasteiger partial charge in [-0.05, 0) is 50.1 Å². The molecule has 0 atom stereocenters. The number of carbonyl (C=O) groups is 1. The van der Waals surface area contributed by atoms with Crippen molar-refractivity contribution in [1.82, 2.24) is 9.78 Å². The summed E-state index contributed by atoms with van der Waals surface area (Å²) in [5.74, 6) is -0.394. The number of rotatable bonds is 4. The molecule has 0 bridgehead atoms. The zero-order chi connectivity index (χ0) is 20.4. The largest absolute Gasteiger partial charge is 0.858 e. The average molecular weight is 383 g/mol. The normalized spacial score (nSPS) is 15.5. The lowest BCUT2D eigenvalue weighted by atomic mass is 10.1. The summed E-state index contributed by atoms with van der Waals surface area (Å²) >= 11 is 0. The number of nitrogens with zero attached hydrogens (tertiary/aromatic N) is 4. The SMILES string of the molecule is CC1=NN(c2ccccc2)C(=O)/C1=C/C=C/c1c(C)nn(-c2ccccc2)c1[O-]. The van der Waals surface area contributed by atoms with E-state index in [2.05, 4.69) is 10.2 Å². The van der Waals surface area contributed by atoms with Gasteiger partial charge in [-0.3, -0.25) is 4.79 Å². The number of amides is 1. The highest BCUT2D eigenvalue weighted by Gasteiger charge is 2.27. The van der Waals surface area contributed by atoms with Gasteiger partial charge in [0, 0.05) is 5.56 Å². The summed E-state index contributed by atoms with van der Waals surface area (Å²) in [6.45, 7) is 3.58. The number of anilines is 1. The number of allylic oxidation sites excluding steroid dienone is 2. The van der Waals surface area contributed by atoms with Gasteiger partial charge in [-0.1, -0.05) is 48.6 Å². The zero-order valence-electron chi connectivity index (χ0n) is 16.1. The van der Waals surface area contributed by atoms with Gasteiger partial charge in [0.05, 0.1) is 28.4 Å². The first-order valence-electron chi connectivity index (χ1n) is 9.22. The van der Waals surface area contributed by atoms with Crippen LogP contribution in [0.3, 0.4) is 0 Å². The van der Waals surface area contributed by atoms with Gasteiger partial charge in [0.1, 0.15) is 0 Å². The second-order valence-corrected chi connectivity index (χ2v) is 6.63. The van der Waals surface area contributed by atoms with E-state index in [1.165, 1.54) is 9.69 Å². The number of aryl methyl sites for hydroxylation is 1. The Morgan fingerprint density at radius 3 is 2.21 bits per heavy atom. The van der Waals surface area contributed by atoms with Crippen molar-refractivity contribution in [3.63, 3.8) is 0 Å². The van der Waals surface area contributed by atoms with Gasteiger partial charge in [0.25, 0.3) is 5.91 Å². The van der Waals surface area contributed by atoms with Crippen molar-refractivity contribution in [3.05, 3.63) is 89.6 Å². The smallest absolute Gasteiger partial charge is 0.280 e. The molecule has 144 valence electrons. The minimum absolute atomic E-state index is 0.197. The van der Waals surface area contributed by atoms with Crippen LogP contribution in [0, 0.1) is 6.92 Å². The van der Waals surface area contributed by atoms with E-state index in [1.807, 2.05) is 60.7 Å². The number of hydrazone groups is 1. The van der Waals surface area contributed by atoms with Crippen LogP contribution < -0.4 is 10.1 Å². The average Bonchev–Trinajstić information content (AvgIpc) is 3.19. The molecule has 0 aliphatic carbocycles. The summed E-state index contributed by atoms with van der Waals surface area (Å²) in [7, 11) is 0. The Balaban J connectivity index is 1.59. The van der Waals surface area contributed by atoms with Crippen LogP contribution in [0.5, 0.6) is 5.88 Å². The third kappa shape index (κ3) is 3.48. The summed E-state index contributed by atoms with van der Waals surface area (Å²) in [4.78, 5) is 12.7. The molecule has 2 heterocycles. The molecule has 3 aromatic rings. The molecule has 0 fully saturated rings. The quantitative estimate of drug-likeness (QED) is 0.646. The van der Waals surface area contributed by atoms with Crippen molar-refractivity contribution >= 4 is 23.4 Å². The minimum atomic E-state index is -0.197. The maximum absolute atomic E-state index is 12.7. The third-order valence-corrected chi connectivity index (χ3v) is 4.65. The molecule has 0 radical (unpaired) electrons. The molecule has 0 spiro atoms. The molecule has 0 unspecified atom stereocenters. The van der Waals surface area contributed by atoms with Crippen LogP contribution in [0.2, 0.25) is 0 Å². The fraction of sp³-hybridized carbons (Fsp3) is 0.0870. The van der Waals surface area contributed by atoms with Gasteiger partial charge in [0.15, 0.2) is 0 Å². The minimum Gasteiger partial charge on any atom is -0.858 e. The lowest BCUT2D eigenvalue weighted by molar-refractivity contribution is -0.278. The van der Waals surface area contributed by atoms with E-state index in [1.54, 1.807) is 32.1 Å². The van der Waals surface area contributed by atoms with Crippen molar-refractivity contribution in [1.29, 1.82) is 0 Å². The van der Waals surface area contributed by atoms with Crippen molar-refractivity contribution in [3.8, 4) is 11.6 Å². The van der Waals surface area contributed by atoms with E-state index in [9.17, 15) is 9.90 Å². The second-order valence-electron chi connectivity index (χ2n) is 6.63. The number of carbonyl (C=O) groups excluding carboxylic acids is 1.